The highest BCUT2D eigenvalue weighted by Crippen LogP contribution is 2.37. The number of carbonyl (C=O) groups is 3. The standard InChI is InChI=1S/C31H32N4O8S/c1-18-7-3-6-10-27(18)44(40,41)35-29(36)19-11-13-22(26(15-19)42-2)28(30(37)34-39)24-17-32-25-14-12-20(16-23(24)25)33-31(38)43-21-8-4-5-9-21/h3,6-7,10-17,21,28,32,39H,4-5,8-9H2,1-2H3,(H,33,38)(H,34,37)(H,35,36). The van der Waals surface area contributed by atoms with E-state index >= 15 is 0 Å². The van der Waals surface area contributed by atoms with Crippen LogP contribution in [0.2, 0.25) is 0 Å². The Morgan fingerprint density at radius 3 is 2.45 bits per heavy atom. The van der Waals surface area contributed by atoms with Crippen molar-refractivity contribution in [1.29, 1.82) is 0 Å². The number of sulfonamides is 1. The predicted molar refractivity (Wildman–Crippen MR) is 161 cm³/mol. The van der Waals surface area contributed by atoms with Crippen molar-refractivity contribution in [3.05, 3.63) is 89.1 Å². The van der Waals surface area contributed by atoms with E-state index in [1.807, 2.05) is 0 Å². The number of benzene rings is 3. The van der Waals surface area contributed by atoms with Crippen LogP contribution < -0.4 is 20.3 Å². The molecule has 3 amide bonds. The molecule has 1 unspecified atom stereocenters. The second-order valence-electron chi connectivity index (χ2n) is 10.5. The van der Waals surface area contributed by atoms with Gasteiger partial charge in [-0.05, 0) is 80.1 Å². The number of hydroxylamine groups is 1. The maximum Gasteiger partial charge on any atom is 0.411 e. The molecule has 0 spiro atoms. The third-order valence-electron chi connectivity index (χ3n) is 7.64. The summed E-state index contributed by atoms with van der Waals surface area (Å²) in [5.41, 5.74) is 3.96. The molecular formula is C31H32N4O8S. The lowest BCUT2D eigenvalue weighted by atomic mass is 9.89. The van der Waals surface area contributed by atoms with E-state index in [-0.39, 0.29) is 27.9 Å². The van der Waals surface area contributed by atoms with Crippen LogP contribution in [-0.4, -0.2) is 49.7 Å². The topological polar surface area (TPSA) is 176 Å². The van der Waals surface area contributed by atoms with Gasteiger partial charge >= 0.3 is 6.09 Å². The number of methoxy groups -OCH3 is 1. The van der Waals surface area contributed by atoms with E-state index in [1.165, 1.54) is 31.4 Å². The van der Waals surface area contributed by atoms with Crippen LogP contribution in [0.3, 0.4) is 0 Å². The molecule has 0 aliphatic heterocycles. The molecule has 44 heavy (non-hydrogen) atoms. The van der Waals surface area contributed by atoms with Gasteiger partial charge in [-0.3, -0.25) is 20.1 Å². The molecule has 5 N–H and O–H groups in total. The van der Waals surface area contributed by atoms with Crippen molar-refractivity contribution in [2.24, 2.45) is 0 Å². The van der Waals surface area contributed by atoms with Gasteiger partial charge in [0.25, 0.3) is 21.8 Å². The number of aromatic nitrogens is 1. The molecule has 230 valence electrons. The summed E-state index contributed by atoms with van der Waals surface area (Å²) in [7, 11) is -2.82. The first-order chi connectivity index (χ1) is 21.1. The molecule has 3 aromatic carbocycles. The third kappa shape index (κ3) is 6.38. The number of nitrogens with one attached hydrogen (secondary N) is 4. The van der Waals surface area contributed by atoms with E-state index in [0.717, 1.165) is 25.7 Å². The average molecular weight is 621 g/mol. The zero-order valence-electron chi connectivity index (χ0n) is 24.0. The van der Waals surface area contributed by atoms with Gasteiger partial charge in [0, 0.05) is 33.9 Å². The van der Waals surface area contributed by atoms with Crippen molar-refractivity contribution in [2.75, 3.05) is 12.4 Å². The van der Waals surface area contributed by atoms with Crippen molar-refractivity contribution in [2.45, 2.75) is 49.5 Å². The summed E-state index contributed by atoms with van der Waals surface area (Å²) in [6.07, 6.45) is 4.62. The van der Waals surface area contributed by atoms with E-state index in [9.17, 15) is 28.0 Å². The molecule has 1 atom stereocenters. The van der Waals surface area contributed by atoms with Crippen LogP contribution in [0.5, 0.6) is 5.75 Å². The van der Waals surface area contributed by atoms with Crippen LogP contribution >= 0.6 is 0 Å². The molecule has 13 heteroatoms. The number of H-pyrrole nitrogens is 1. The number of aryl methyl sites for hydroxylation is 1. The summed E-state index contributed by atoms with van der Waals surface area (Å²) in [5.74, 6) is -2.71. The summed E-state index contributed by atoms with van der Waals surface area (Å²) in [6, 6.07) is 15.5. The molecule has 1 heterocycles. The Labute approximate surface area is 253 Å². The lowest BCUT2D eigenvalue weighted by Gasteiger charge is -2.19. The van der Waals surface area contributed by atoms with Crippen LogP contribution in [0.4, 0.5) is 10.5 Å². The summed E-state index contributed by atoms with van der Waals surface area (Å²) in [5, 5.41) is 13.0. The first-order valence-electron chi connectivity index (χ1n) is 13.9. The van der Waals surface area contributed by atoms with Crippen LogP contribution in [0.25, 0.3) is 10.9 Å². The number of fused-ring (bicyclic) bond motifs is 1. The molecule has 5 rings (SSSR count). The molecule has 1 aliphatic carbocycles. The van der Waals surface area contributed by atoms with Crippen molar-refractivity contribution in [1.82, 2.24) is 15.2 Å². The van der Waals surface area contributed by atoms with Crippen LogP contribution in [0.1, 0.15) is 58.6 Å². The van der Waals surface area contributed by atoms with Gasteiger partial charge in [-0.1, -0.05) is 24.3 Å². The zero-order chi connectivity index (χ0) is 31.4. The number of anilines is 1. The summed E-state index contributed by atoms with van der Waals surface area (Å²) in [4.78, 5) is 41.6. The molecular weight excluding hydrogens is 588 g/mol. The van der Waals surface area contributed by atoms with Crippen LogP contribution in [-0.2, 0) is 19.6 Å². The minimum Gasteiger partial charge on any atom is -0.496 e. The number of carbonyl (C=O) groups excluding carboxylic acids is 3. The molecule has 4 aromatic rings. The number of amides is 3. The van der Waals surface area contributed by atoms with Gasteiger partial charge < -0.3 is 14.5 Å². The number of aromatic amines is 1. The smallest absolute Gasteiger partial charge is 0.411 e. The Kier molecular flexibility index (Phi) is 8.88. The molecule has 0 radical (unpaired) electrons. The lowest BCUT2D eigenvalue weighted by molar-refractivity contribution is -0.129. The van der Waals surface area contributed by atoms with Gasteiger partial charge in [0.05, 0.1) is 17.9 Å². The first-order valence-corrected chi connectivity index (χ1v) is 15.4. The van der Waals surface area contributed by atoms with Gasteiger partial charge in [0.2, 0.25) is 0 Å². The first kappa shape index (κ1) is 30.6. The largest absolute Gasteiger partial charge is 0.496 e. The molecule has 0 bridgehead atoms. The highest BCUT2D eigenvalue weighted by Gasteiger charge is 2.30. The van der Waals surface area contributed by atoms with Crippen molar-refractivity contribution >= 4 is 44.5 Å². The SMILES string of the molecule is COc1cc(C(=O)NS(=O)(=O)c2ccccc2C)ccc1C(C(=O)NO)c1c[nH]c2ccc(NC(=O)OC3CCCC3)cc12. The molecule has 1 saturated carbocycles. The minimum atomic E-state index is -4.16. The maximum absolute atomic E-state index is 13.1. The Morgan fingerprint density at radius 1 is 1.00 bits per heavy atom. The Hall–Kier alpha value is -4.88. The summed E-state index contributed by atoms with van der Waals surface area (Å²) >= 11 is 0. The quantitative estimate of drug-likeness (QED) is 0.132. The van der Waals surface area contributed by atoms with E-state index in [0.29, 0.717) is 27.7 Å². The Balaban J connectivity index is 1.45. The Bertz CT molecular complexity index is 1830. The molecule has 1 fully saturated rings. The fourth-order valence-electron chi connectivity index (χ4n) is 5.46. The second kappa shape index (κ2) is 12.8. The minimum absolute atomic E-state index is 0.0305. The van der Waals surface area contributed by atoms with Gasteiger partial charge in [-0.15, -0.1) is 0 Å². The van der Waals surface area contributed by atoms with Crippen molar-refractivity contribution < 1.29 is 37.5 Å². The number of hydrogen-bond acceptors (Lipinski definition) is 8. The highest BCUT2D eigenvalue weighted by molar-refractivity contribution is 7.90. The van der Waals surface area contributed by atoms with Gasteiger partial charge in [-0.25, -0.2) is 23.4 Å². The molecule has 1 aliphatic rings. The van der Waals surface area contributed by atoms with Crippen molar-refractivity contribution in [3.8, 4) is 5.75 Å². The summed E-state index contributed by atoms with van der Waals surface area (Å²) < 4.78 is 38.8. The zero-order valence-corrected chi connectivity index (χ0v) is 24.9. The maximum atomic E-state index is 13.1. The van der Waals surface area contributed by atoms with Crippen LogP contribution in [0.15, 0.2) is 71.8 Å². The van der Waals surface area contributed by atoms with E-state index in [1.54, 1.807) is 55.0 Å². The monoisotopic (exact) mass is 620 g/mol. The van der Waals surface area contributed by atoms with E-state index < -0.39 is 33.8 Å². The van der Waals surface area contributed by atoms with E-state index in [2.05, 4.69) is 15.0 Å². The number of hydrogen-bond donors (Lipinski definition) is 5. The highest BCUT2D eigenvalue weighted by atomic mass is 32.2. The normalized spacial score (nSPS) is 14.2. The molecule has 12 nitrogen and oxygen atoms in total. The third-order valence-corrected chi connectivity index (χ3v) is 9.13. The van der Waals surface area contributed by atoms with Gasteiger partial charge in [0.15, 0.2) is 0 Å². The summed E-state index contributed by atoms with van der Waals surface area (Å²) in [6.45, 7) is 1.62. The van der Waals surface area contributed by atoms with Gasteiger partial charge in [-0.2, -0.15) is 0 Å². The van der Waals surface area contributed by atoms with Gasteiger partial charge in [0.1, 0.15) is 11.9 Å². The second-order valence-corrected chi connectivity index (χ2v) is 12.2. The average Bonchev–Trinajstić information content (AvgIpc) is 3.67. The lowest BCUT2D eigenvalue weighted by Crippen LogP contribution is -2.31. The van der Waals surface area contributed by atoms with Crippen LogP contribution in [0, 0.1) is 6.92 Å². The number of rotatable bonds is 9. The Morgan fingerprint density at radius 2 is 1.75 bits per heavy atom. The van der Waals surface area contributed by atoms with E-state index in [4.69, 9.17) is 9.47 Å². The molecule has 1 aromatic heterocycles. The molecule has 0 saturated heterocycles. The fraction of sp³-hybridized carbons (Fsp3) is 0.258. The fourth-order valence-corrected chi connectivity index (χ4v) is 6.68. The van der Waals surface area contributed by atoms with Crippen molar-refractivity contribution in [3.63, 3.8) is 0 Å². The predicted octanol–water partition coefficient (Wildman–Crippen LogP) is 4.73. The number of ether oxygens (including phenoxy) is 2.